The smallest absolute Gasteiger partial charge is 0.444 e. The van der Waals surface area contributed by atoms with Crippen LogP contribution in [0.15, 0.2) is 5.10 Å². The van der Waals surface area contributed by atoms with Crippen LogP contribution >= 0.6 is 0 Å². The second-order valence-electron chi connectivity index (χ2n) is 5.61. The lowest BCUT2D eigenvalue weighted by molar-refractivity contribution is -0.173. The number of halogens is 3. The molecule has 9 heteroatoms. The minimum absolute atomic E-state index is 0.459. The van der Waals surface area contributed by atoms with Crippen molar-refractivity contribution in [3.05, 3.63) is 0 Å². The Labute approximate surface area is 127 Å². The van der Waals surface area contributed by atoms with Crippen molar-refractivity contribution in [2.24, 2.45) is 5.10 Å². The van der Waals surface area contributed by atoms with E-state index in [1.165, 1.54) is 5.43 Å². The van der Waals surface area contributed by atoms with Crippen LogP contribution in [0.2, 0.25) is 0 Å². The topological polar surface area (TPSA) is 79.8 Å². The molecule has 0 saturated heterocycles. The minimum atomic E-state index is -5.01. The van der Waals surface area contributed by atoms with E-state index in [0.717, 1.165) is 19.1 Å². The van der Waals surface area contributed by atoms with E-state index in [0.29, 0.717) is 6.42 Å². The van der Waals surface area contributed by atoms with Gasteiger partial charge in [-0.2, -0.15) is 18.3 Å². The lowest BCUT2D eigenvalue weighted by Gasteiger charge is -2.22. The molecule has 0 heterocycles. The van der Waals surface area contributed by atoms with Crippen molar-refractivity contribution in [3.8, 4) is 0 Å². The van der Waals surface area contributed by atoms with Gasteiger partial charge >= 0.3 is 18.2 Å². The number of unbranched alkanes of at least 4 members (excludes halogenated alkanes) is 1. The van der Waals surface area contributed by atoms with E-state index in [1.807, 2.05) is 6.92 Å². The molecule has 0 rings (SSSR count). The highest BCUT2D eigenvalue weighted by atomic mass is 19.4. The maximum Gasteiger partial charge on any atom is 0.473 e. The van der Waals surface area contributed by atoms with Crippen molar-refractivity contribution >= 4 is 18.2 Å². The fourth-order valence-electron chi connectivity index (χ4n) is 1.32. The molecular formula is C13H22F3N3O3. The molecule has 0 spiro atoms. The summed E-state index contributed by atoms with van der Waals surface area (Å²) in [5.41, 5.74) is 0.671. The lowest BCUT2D eigenvalue weighted by atomic mass is 10.1. The van der Waals surface area contributed by atoms with Gasteiger partial charge in [0.1, 0.15) is 5.60 Å². The number of hydrazone groups is 1. The van der Waals surface area contributed by atoms with E-state index in [1.54, 1.807) is 20.8 Å². The zero-order valence-corrected chi connectivity index (χ0v) is 13.1. The van der Waals surface area contributed by atoms with E-state index in [4.69, 9.17) is 4.74 Å². The number of amides is 2. The fraction of sp³-hybridized carbons (Fsp3) is 0.769. The minimum Gasteiger partial charge on any atom is -0.444 e. The van der Waals surface area contributed by atoms with Crippen LogP contribution in [0, 0.1) is 0 Å². The van der Waals surface area contributed by atoms with Gasteiger partial charge in [-0.05, 0) is 27.2 Å². The largest absolute Gasteiger partial charge is 0.473 e. The number of hydrogen-bond acceptors (Lipinski definition) is 4. The Bertz CT molecular complexity index is 404. The number of nitrogens with zero attached hydrogens (tertiary/aromatic N) is 1. The zero-order chi connectivity index (χ0) is 17.4. The molecule has 2 N–H and O–H groups in total. The summed E-state index contributed by atoms with van der Waals surface area (Å²) in [6.07, 6.45) is -2.66. The Morgan fingerprint density at radius 2 is 1.86 bits per heavy atom. The van der Waals surface area contributed by atoms with Crippen molar-refractivity contribution in [3.63, 3.8) is 0 Å². The first-order chi connectivity index (χ1) is 9.95. The number of carbonyl (C=O) groups excluding carboxylic acids is 2. The summed E-state index contributed by atoms with van der Waals surface area (Å²) in [5.74, 6) is -2.17. The molecule has 22 heavy (non-hydrogen) atoms. The summed E-state index contributed by atoms with van der Waals surface area (Å²) in [6, 6.07) is -0.636. The Morgan fingerprint density at radius 3 is 2.32 bits per heavy atom. The highest BCUT2D eigenvalue weighted by Gasteiger charge is 2.38. The van der Waals surface area contributed by atoms with Crippen LogP contribution < -0.4 is 10.7 Å². The van der Waals surface area contributed by atoms with Crippen LogP contribution in [-0.2, 0) is 9.53 Å². The second-order valence-corrected chi connectivity index (χ2v) is 5.61. The van der Waals surface area contributed by atoms with E-state index < -0.39 is 29.8 Å². The number of rotatable bonds is 6. The molecule has 128 valence electrons. The number of nitrogens with one attached hydrogen (secondary N) is 2. The van der Waals surface area contributed by atoms with Crippen LogP contribution in [0.25, 0.3) is 0 Å². The molecule has 0 radical (unpaired) electrons. The third-order valence-corrected chi connectivity index (χ3v) is 2.25. The molecule has 0 saturated carbocycles. The molecule has 6 nitrogen and oxygen atoms in total. The SMILES string of the molecule is CCCC[C@@H](/C=N/NC(=O)C(F)(F)F)NC(=O)OC(C)(C)C. The number of hydrogen-bond donors (Lipinski definition) is 2. The first-order valence-electron chi connectivity index (χ1n) is 6.85. The predicted molar refractivity (Wildman–Crippen MR) is 75.4 cm³/mol. The predicted octanol–water partition coefficient (Wildman–Crippen LogP) is 2.73. The van der Waals surface area contributed by atoms with E-state index in [-0.39, 0.29) is 0 Å². The van der Waals surface area contributed by atoms with Crippen LogP contribution in [0.1, 0.15) is 47.0 Å². The summed E-state index contributed by atoms with van der Waals surface area (Å²) in [5, 5.41) is 5.70. The van der Waals surface area contributed by atoms with Gasteiger partial charge in [0, 0.05) is 6.21 Å². The Hall–Kier alpha value is -1.80. The van der Waals surface area contributed by atoms with Gasteiger partial charge < -0.3 is 10.1 Å². The van der Waals surface area contributed by atoms with Crippen molar-refractivity contribution < 1.29 is 27.5 Å². The lowest BCUT2D eigenvalue weighted by Crippen LogP contribution is -2.41. The number of ether oxygens (including phenoxy) is 1. The van der Waals surface area contributed by atoms with Gasteiger partial charge in [0.25, 0.3) is 0 Å². The monoisotopic (exact) mass is 325 g/mol. The van der Waals surface area contributed by atoms with E-state index >= 15 is 0 Å². The summed E-state index contributed by atoms with van der Waals surface area (Å²) >= 11 is 0. The molecule has 0 aliphatic carbocycles. The Balaban J connectivity index is 4.57. The molecule has 0 aliphatic heterocycles. The molecule has 1 atom stereocenters. The van der Waals surface area contributed by atoms with Gasteiger partial charge in [0.05, 0.1) is 6.04 Å². The van der Waals surface area contributed by atoms with Crippen LogP contribution in [0.4, 0.5) is 18.0 Å². The Kier molecular flexibility index (Phi) is 7.89. The van der Waals surface area contributed by atoms with Crippen molar-refractivity contribution in [2.45, 2.75) is 64.8 Å². The van der Waals surface area contributed by atoms with Gasteiger partial charge in [-0.1, -0.05) is 19.8 Å². The van der Waals surface area contributed by atoms with Gasteiger partial charge in [-0.15, -0.1) is 0 Å². The van der Waals surface area contributed by atoms with Crippen LogP contribution in [-0.4, -0.2) is 36.0 Å². The number of alkyl carbamates (subject to hydrolysis) is 1. The fourth-order valence-corrected chi connectivity index (χ4v) is 1.32. The molecule has 0 aromatic rings. The highest BCUT2D eigenvalue weighted by Crippen LogP contribution is 2.13. The van der Waals surface area contributed by atoms with Crippen LogP contribution in [0.5, 0.6) is 0 Å². The molecule has 0 aliphatic rings. The van der Waals surface area contributed by atoms with Gasteiger partial charge in [-0.3, -0.25) is 4.79 Å². The first kappa shape index (κ1) is 20.2. The molecule has 0 aromatic heterocycles. The normalized spacial score (nSPS) is 13.8. The quantitative estimate of drug-likeness (QED) is 0.582. The molecule has 2 amide bonds. The van der Waals surface area contributed by atoms with Gasteiger partial charge in [0.15, 0.2) is 0 Å². The highest BCUT2D eigenvalue weighted by molar-refractivity contribution is 5.82. The maximum absolute atomic E-state index is 12.0. The first-order valence-corrected chi connectivity index (χ1v) is 6.85. The van der Waals surface area contributed by atoms with Crippen molar-refractivity contribution in [1.82, 2.24) is 10.7 Å². The zero-order valence-electron chi connectivity index (χ0n) is 13.1. The molecule has 0 aromatic carbocycles. The summed E-state index contributed by atoms with van der Waals surface area (Å²) < 4.78 is 41.0. The van der Waals surface area contributed by atoms with Gasteiger partial charge in [-0.25, -0.2) is 10.2 Å². The summed E-state index contributed by atoms with van der Waals surface area (Å²) in [6.45, 7) is 6.98. The molecule has 0 unspecified atom stereocenters. The van der Waals surface area contributed by atoms with Crippen molar-refractivity contribution in [2.75, 3.05) is 0 Å². The molecule has 0 fully saturated rings. The Morgan fingerprint density at radius 1 is 1.27 bits per heavy atom. The van der Waals surface area contributed by atoms with Crippen molar-refractivity contribution in [1.29, 1.82) is 0 Å². The maximum atomic E-state index is 12.0. The third-order valence-electron chi connectivity index (χ3n) is 2.25. The van der Waals surface area contributed by atoms with Gasteiger partial charge in [0.2, 0.25) is 0 Å². The number of carbonyl (C=O) groups is 2. The van der Waals surface area contributed by atoms with E-state index in [9.17, 15) is 22.8 Å². The standard InChI is InChI=1S/C13H22F3N3O3/c1-5-6-7-9(18-11(21)22-12(2,3)4)8-17-19-10(20)13(14,15)16/h8-9H,5-7H2,1-4H3,(H,18,21)(H,19,20)/b17-8+/t9-/m0/s1. The molecular weight excluding hydrogens is 303 g/mol. The second kappa shape index (κ2) is 8.60. The third kappa shape index (κ3) is 10.0. The average molecular weight is 325 g/mol. The van der Waals surface area contributed by atoms with Crippen LogP contribution in [0.3, 0.4) is 0 Å². The van der Waals surface area contributed by atoms with E-state index in [2.05, 4.69) is 10.4 Å². The summed E-state index contributed by atoms with van der Waals surface area (Å²) in [4.78, 5) is 22.2. The molecule has 0 bridgehead atoms. The summed E-state index contributed by atoms with van der Waals surface area (Å²) in [7, 11) is 0. The average Bonchev–Trinajstić information content (AvgIpc) is 2.31. The number of alkyl halides is 3.